The third-order valence-electron chi connectivity index (χ3n) is 5.36. The third-order valence-corrected chi connectivity index (χ3v) is 5.36. The first-order valence-corrected chi connectivity index (χ1v) is 9.61. The Labute approximate surface area is 151 Å². The van der Waals surface area contributed by atoms with E-state index < -0.39 is 0 Å². The number of hydrogen-bond donors (Lipinski definition) is 1. The largest absolute Gasteiger partial charge is 0.379 e. The Morgan fingerprint density at radius 2 is 2.12 bits per heavy atom. The van der Waals surface area contributed by atoms with Crippen LogP contribution in [0.15, 0.2) is 18.3 Å². The highest BCUT2D eigenvalue weighted by Crippen LogP contribution is 2.30. The van der Waals surface area contributed by atoms with E-state index in [0.717, 1.165) is 58.8 Å². The number of aromatic nitrogens is 1. The quantitative estimate of drug-likeness (QED) is 0.888. The van der Waals surface area contributed by atoms with Crippen LogP contribution in [0.3, 0.4) is 0 Å². The Morgan fingerprint density at radius 3 is 2.84 bits per heavy atom. The predicted molar refractivity (Wildman–Crippen MR) is 98.5 cm³/mol. The number of morpholine rings is 1. The van der Waals surface area contributed by atoms with Crippen molar-refractivity contribution in [3.8, 4) is 0 Å². The number of ether oxygens (including phenoxy) is 1. The molecule has 0 saturated carbocycles. The van der Waals surface area contributed by atoms with Crippen molar-refractivity contribution in [3.05, 3.63) is 24.0 Å². The number of nitrogens with zero attached hydrogens (tertiary/aromatic N) is 3. The van der Waals surface area contributed by atoms with Crippen molar-refractivity contribution in [2.75, 3.05) is 45.9 Å². The molecule has 1 aromatic rings. The van der Waals surface area contributed by atoms with E-state index in [1.54, 1.807) is 0 Å². The molecule has 0 bridgehead atoms. The van der Waals surface area contributed by atoms with Crippen LogP contribution in [0, 0.1) is 5.92 Å². The van der Waals surface area contributed by atoms with Crippen molar-refractivity contribution in [2.24, 2.45) is 13.0 Å². The smallest absolute Gasteiger partial charge is 0.317 e. The molecule has 6 heteroatoms. The molecule has 25 heavy (non-hydrogen) atoms. The number of urea groups is 1. The van der Waals surface area contributed by atoms with Gasteiger partial charge in [0.1, 0.15) is 0 Å². The van der Waals surface area contributed by atoms with Crippen molar-refractivity contribution < 1.29 is 9.53 Å². The average Bonchev–Trinajstić information content (AvgIpc) is 3.06. The van der Waals surface area contributed by atoms with Crippen molar-refractivity contribution in [3.63, 3.8) is 0 Å². The summed E-state index contributed by atoms with van der Waals surface area (Å²) in [5.74, 6) is 0.445. The molecule has 3 rings (SSSR count). The minimum Gasteiger partial charge on any atom is -0.379 e. The molecule has 3 heterocycles. The zero-order valence-corrected chi connectivity index (χ0v) is 15.6. The van der Waals surface area contributed by atoms with E-state index in [1.807, 2.05) is 4.90 Å². The highest BCUT2D eigenvalue weighted by atomic mass is 16.5. The van der Waals surface area contributed by atoms with E-state index in [-0.39, 0.29) is 12.1 Å². The van der Waals surface area contributed by atoms with E-state index in [2.05, 4.69) is 47.1 Å². The molecule has 0 radical (unpaired) electrons. The maximum Gasteiger partial charge on any atom is 0.317 e. The number of amides is 2. The Bertz CT molecular complexity index is 553. The predicted octanol–water partition coefficient (Wildman–Crippen LogP) is 2.23. The third kappa shape index (κ3) is 4.76. The second-order valence-electron chi connectivity index (χ2n) is 7.45. The van der Waals surface area contributed by atoms with Gasteiger partial charge < -0.3 is 19.5 Å². The minimum absolute atomic E-state index is 0.0831. The molecule has 2 fully saturated rings. The van der Waals surface area contributed by atoms with Crippen LogP contribution in [0.25, 0.3) is 0 Å². The molecule has 0 unspecified atom stereocenters. The van der Waals surface area contributed by atoms with Crippen molar-refractivity contribution in [2.45, 2.75) is 32.2 Å². The zero-order chi connectivity index (χ0) is 17.6. The first-order valence-electron chi connectivity index (χ1n) is 9.61. The monoisotopic (exact) mass is 348 g/mol. The Morgan fingerprint density at radius 1 is 1.32 bits per heavy atom. The van der Waals surface area contributed by atoms with Crippen LogP contribution in [0.2, 0.25) is 0 Å². The Balaban J connectivity index is 1.51. The van der Waals surface area contributed by atoms with Gasteiger partial charge in [-0.25, -0.2) is 4.79 Å². The summed E-state index contributed by atoms with van der Waals surface area (Å²) >= 11 is 0. The number of aryl methyl sites for hydroxylation is 1. The summed E-state index contributed by atoms with van der Waals surface area (Å²) in [5, 5.41) is 3.17. The van der Waals surface area contributed by atoms with Crippen LogP contribution in [0.4, 0.5) is 4.79 Å². The van der Waals surface area contributed by atoms with Gasteiger partial charge in [0.2, 0.25) is 0 Å². The summed E-state index contributed by atoms with van der Waals surface area (Å²) in [7, 11) is 2.06. The van der Waals surface area contributed by atoms with Gasteiger partial charge >= 0.3 is 6.03 Å². The summed E-state index contributed by atoms with van der Waals surface area (Å²) in [6.45, 7) is 8.45. The normalized spacial score (nSPS) is 23.4. The van der Waals surface area contributed by atoms with Gasteiger partial charge in [-0.1, -0.05) is 6.92 Å². The van der Waals surface area contributed by atoms with Crippen LogP contribution in [0.1, 0.15) is 37.9 Å². The lowest BCUT2D eigenvalue weighted by Gasteiger charge is -2.36. The number of hydrogen-bond acceptors (Lipinski definition) is 3. The van der Waals surface area contributed by atoms with Crippen LogP contribution in [-0.4, -0.2) is 66.3 Å². The van der Waals surface area contributed by atoms with Gasteiger partial charge in [-0.05, 0) is 37.3 Å². The van der Waals surface area contributed by atoms with E-state index in [1.165, 1.54) is 12.1 Å². The number of carbonyl (C=O) groups is 1. The molecule has 6 nitrogen and oxygen atoms in total. The second-order valence-corrected chi connectivity index (χ2v) is 7.45. The van der Waals surface area contributed by atoms with E-state index in [9.17, 15) is 4.79 Å². The molecule has 2 aliphatic rings. The number of rotatable bonds is 5. The summed E-state index contributed by atoms with van der Waals surface area (Å²) in [5.41, 5.74) is 1.23. The molecule has 140 valence electrons. The number of likely N-dealkylation sites (tertiary alicyclic amines) is 1. The second kappa shape index (κ2) is 8.72. The van der Waals surface area contributed by atoms with E-state index in [0.29, 0.717) is 5.92 Å². The Hall–Kier alpha value is -1.53. The highest BCUT2D eigenvalue weighted by Gasteiger charge is 2.29. The lowest BCUT2D eigenvalue weighted by Crippen LogP contribution is -2.47. The van der Waals surface area contributed by atoms with Gasteiger partial charge in [0.15, 0.2) is 0 Å². The Kier molecular flexibility index (Phi) is 6.37. The summed E-state index contributed by atoms with van der Waals surface area (Å²) in [4.78, 5) is 17.2. The van der Waals surface area contributed by atoms with Crippen LogP contribution in [0.5, 0.6) is 0 Å². The fourth-order valence-electron chi connectivity index (χ4n) is 3.95. The van der Waals surface area contributed by atoms with Gasteiger partial charge in [0.05, 0.1) is 19.3 Å². The highest BCUT2D eigenvalue weighted by molar-refractivity contribution is 5.74. The molecule has 2 amide bonds. The molecule has 1 N–H and O–H groups in total. The minimum atomic E-state index is 0.0831. The molecule has 2 atom stereocenters. The molecule has 1 aromatic heterocycles. The lowest BCUT2D eigenvalue weighted by molar-refractivity contribution is 0.0318. The molecule has 2 aliphatic heterocycles. The molecular formula is C19H32N4O2. The van der Waals surface area contributed by atoms with Gasteiger partial charge in [0.25, 0.3) is 0 Å². The number of nitrogens with one attached hydrogen (secondary N) is 1. The fourth-order valence-corrected chi connectivity index (χ4v) is 3.95. The van der Waals surface area contributed by atoms with Gasteiger partial charge in [-0.3, -0.25) is 4.90 Å². The van der Waals surface area contributed by atoms with Crippen LogP contribution >= 0.6 is 0 Å². The standard InChI is InChI=1S/C19H32N4O2/c1-16(15-22-10-12-25-13-11-22)14-20-19(24)23-9-4-3-6-18(23)17-7-5-8-21(17)2/h5,7-8,16,18H,3-4,6,9-15H2,1-2H3,(H,20,24)/t16-,18-/m0/s1. The zero-order valence-electron chi connectivity index (χ0n) is 15.6. The molecule has 0 aromatic carbocycles. The average molecular weight is 348 g/mol. The topological polar surface area (TPSA) is 49.7 Å². The van der Waals surface area contributed by atoms with Gasteiger partial charge in [-0.2, -0.15) is 0 Å². The SMILES string of the molecule is C[C@@H](CNC(=O)N1CCCC[C@H]1c1cccn1C)CN1CCOCC1. The molecule has 0 aliphatic carbocycles. The van der Waals surface area contributed by atoms with E-state index >= 15 is 0 Å². The van der Waals surface area contributed by atoms with E-state index in [4.69, 9.17) is 4.74 Å². The van der Waals surface area contributed by atoms with Crippen molar-refractivity contribution in [1.82, 2.24) is 19.7 Å². The number of piperidine rings is 1. The molecule has 2 saturated heterocycles. The van der Waals surface area contributed by atoms with Crippen molar-refractivity contribution >= 4 is 6.03 Å². The summed E-state index contributed by atoms with van der Waals surface area (Å²) in [6.07, 6.45) is 5.39. The maximum absolute atomic E-state index is 12.8. The first-order chi connectivity index (χ1) is 12.1. The fraction of sp³-hybridized carbons (Fsp3) is 0.737. The van der Waals surface area contributed by atoms with Gasteiger partial charge in [-0.15, -0.1) is 0 Å². The summed E-state index contributed by atoms with van der Waals surface area (Å²) < 4.78 is 7.53. The van der Waals surface area contributed by atoms with Crippen molar-refractivity contribution in [1.29, 1.82) is 0 Å². The van der Waals surface area contributed by atoms with Crippen LogP contribution in [-0.2, 0) is 11.8 Å². The lowest BCUT2D eigenvalue weighted by atomic mass is 9.99. The molecule has 0 spiro atoms. The first kappa shape index (κ1) is 18.3. The molecular weight excluding hydrogens is 316 g/mol. The maximum atomic E-state index is 12.8. The van der Waals surface area contributed by atoms with Gasteiger partial charge in [0, 0.05) is 51.7 Å². The summed E-state index contributed by atoms with van der Waals surface area (Å²) in [6, 6.07) is 4.48. The van der Waals surface area contributed by atoms with Crippen LogP contribution < -0.4 is 5.32 Å². The number of carbonyl (C=O) groups excluding carboxylic acids is 1.